The van der Waals surface area contributed by atoms with Gasteiger partial charge in [0, 0.05) is 43.6 Å². The van der Waals surface area contributed by atoms with Crippen molar-refractivity contribution in [2.75, 3.05) is 26.7 Å². The number of ketones is 1. The van der Waals surface area contributed by atoms with Crippen molar-refractivity contribution in [1.82, 2.24) is 10.2 Å². The first-order chi connectivity index (χ1) is 13.1. The molecule has 0 saturated carbocycles. The Morgan fingerprint density at radius 2 is 1.96 bits per heavy atom. The van der Waals surface area contributed by atoms with Crippen LogP contribution in [0.3, 0.4) is 0 Å². The lowest BCUT2D eigenvalue weighted by Gasteiger charge is -2.31. The molecule has 0 spiro atoms. The molecule has 0 aromatic heterocycles. The third-order valence-electron chi connectivity index (χ3n) is 5.15. The zero-order valence-electron chi connectivity index (χ0n) is 15.6. The topological polar surface area (TPSA) is 49.4 Å². The van der Waals surface area contributed by atoms with Gasteiger partial charge in [-0.05, 0) is 31.0 Å². The molecule has 1 saturated heterocycles. The van der Waals surface area contributed by atoms with Gasteiger partial charge in [0.1, 0.15) is 5.82 Å². The minimum absolute atomic E-state index is 0.00187. The van der Waals surface area contributed by atoms with Crippen molar-refractivity contribution in [3.05, 3.63) is 59.9 Å². The van der Waals surface area contributed by atoms with Crippen LogP contribution in [0.1, 0.15) is 29.6 Å². The molecule has 1 aliphatic heterocycles. The number of rotatable bonds is 6. The van der Waals surface area contributed by atoms with E-state index in [9.17, 15) is 14.0 Å². The summed E-state index contributed by atoms with van der Waals surface area (Å²) < 4.78 is 14.6. The normalized spacial score (nSPS) is 17.5. The van der Waals surface area contributed by atoms with Crippen molar-refractivity contribution < 1.29 is 14.0 Å². The van der Waals surface area contributed by atoms with E-state index in [0.717, 1.165) is 24.9 Å². The van der Waals surface area contributed by atoms with Gasteiger partial charge < -0.3 is 10.2 Å². The number of nitrogens with zero attached hydrogens (tertiary/aromatic N) is 1. The molecule has 0 bridgehead atoms. The number of benzene rings is 2. The summed E-state index contributed by atoms with van der Waals surface area (Å²) >= 11 is 0. The Labute approximate surface area is 159 Å². The van der Waals surface area contributed by atoms with Crippen LogP contribution in [-0.2, 0) is 4.79 Å². The Kier molecular flexibility index (Phi) is 6.35. The minimum atomic E-state index is -0.376. The average Bonchev–Trinajstić information content (AvgIpc) is 2.72. The molecule has 1 atom stereocenters. The lowest BCUT2D eigenvalue weighted by atomic mass is 9.89. The maximum absolute atomic E-state index is 14.6. The van der Waals surface area contributed by atoms with Gasteiger partial charge in [-0.15, -0.1) is 0 Å². The molecule has 0 unspecified atom stereocenters. The predicted molar refractivity (Wildman–Crippen MR) is 104 cm³/mol. The SMILES string of the molecule is CNC(=O)CCN1CCC[C@@H](C(=O)c2ccc(-c3ccccc3)c(F)c2)C1. The van der Waals surface area contributed by atoms with Crippen LogP contribution in [-0.4, -0.2) is 43.3 Å². The summed E-state index contributed by atoms with van der Waals surface area (Å²) in [5.41, 5.74) is 1.72. The number of amides is 1. The smallest absolute Gasteiger partial charge is 0.221 e. The second kappa shape index (κ2) is 8.91. The third-order valence-corrected chi connectivity index (χ3v) is 5.15. The van der Waals surface area contributed by atoms with Gasteiger partial charge in [0.2, 0.25) is 5.91 Å². The first-order valence-electron chi connectivity index (χ1n) is 9.40. The third kappa shape index (κ3) is 4.80. The zero-order chi connectivity index (χ0) is 19.2. The number of nitrogens with one attached hydrogen (secondary N) is 1. The van der Waals surface area contributed by atoms with E-state index in [1.54, 1.807) is 19.2 Å². The van der Waals surface area contributed by atoms with Crippen molar-refractivity contribution in [1.29, 1.82) is 0 Å². The van der Waals surface area contributed by atoms with E-state index in [0.29, 0.717) is 30.6 Å². The molecule has 0 aliphatic carbocycles. The van der Waals surface area contributed by atoms with E-state index in [4.69, 9.17) is 0 Å². The Morgan fingerprint density at radius 3 is 2.67 bits per heavy atom. The number of Topliss-reactive ketones (excluding diaryl/α,β-unsaturated/α-hetero) is 1. The number of carbonyl (C=O) groups is 2. The van der Waals surface area contributed by atoms with Crippen LogP contribution >= 0.6 is 0 Å². The average molecular weight is 368 g/mol. The number of hydrogen-bond donors (Lipinski definition) is 1. The van der Waals surface area contributed by atoms with Crippen molar-refractivity contribution in [2.45, 2.75) is 19.3 Å². The van der Waals surface area contributed by atoms with E-state index in [-0.39, 0.29) is 23.4 Å². The highest BCUT2D eigenvalue weighted by molar-refractivity contribution is 5.98. The van der Waals surface area contributed by atoms with Crippen LogP contribution in [0.4, 0.5) is 4.39 Å². The molecule has 5 heteroatoms. The van der Waals surface area contributed by atoms with E-state index in [1.807, 2.05) is 30.3 Å². The van der Waals surface area contributed by atoms with Crippen LogP contribution < -0.4 is 5.32 Å². The molecule has 2 aromatic carbocycles. The summed E-state index contributed by atoms with van der Waals surface area (Å²) in [5.74, 6) is -0.537. The Hall–Kier alpha value is -2.53. The molecule has 4 nitrogen and oxygen atoms in total. The Morgan fingerprint density at radius 1 is 1.19 bits per heavy atom. The van der Waals surface area contributed by atoms with Gasteiger partial charge in [-0.1, -0.05) is 42.5 Å². The molecular weight excluding hydrogens is 343 g/mol. The van der Waals surface area contributed by atoms with Crippen molar-refractivity contribution in [3.63, 3.8) is 0 Å². The van der Waals surface area contributed by atoms with Crippen molar-refractivity contribution in [3.8, 4) is 11.1 Å². The van der Waals surface area contributed by atoms with E-state index in [2.05, 4.69) is 10.2 Å². The standard InChI is InChI=1S/C22H25FN2O2/c1-24-21(26)11-13-25-12-5-8-18(15-25)22(27)17-9-10-19(20(23)14-17)16-6-3-2-4-7-16/h2-4,6-7,9-10,14,18H,5,8,11-13,15H2,1H3,(H,24,26)/t18-/m1/s1. The molecule has 27 heavy (non-hydrogen) atoms. The zero-order valence-corrected chi connectivity index (χ0v) is 15.6. The van der Waals surface area contributed by atoms with Gasteiger partial charge >= 0.3 is 0 Å². The van der Waals surface area contributed by atoms with Crippen LogP contribution in [0.25, 0.3) is 11.1 Å². The van der Waals surface area contributed by atoms with E-state index >= 15 is 0 Å². The summed E-state index contributed by atoms with van der Waals surface area (Å²) in [6, 6.07) is 14.1. The summed E-state index contributed by atoms with van der Waals surface area (Å²) in [6.45, 7) is 2.16. The highest BCUT2D eigenvalue weighted by Crippen LogP contribution is 2.26. The van der Waals surface area contributed by atoms with Gasteiger partial charge in [-0.3, -0.25) is 9.59 Å². The van der Waals surface area contributed by atoms with Gasteiger partial charge in [-0.2, -0.15) is 0 Å². The van der Waals surface area contributed by atoms with Crippen LogP contribution in [0.5, 0.6) is 0 Å². The lowest BCUT2D eigenvalue weighted by molar-refractivity contribution is -0.121. The number of carbonyl (C=O) groups excluding carboxylic acids is 2. The summed E-state index contributed by atoms with van der Waals surface area (Å²) in [4.78, 5) is 26.4. The molecule has 1 heterocycles. The number of likely N-dealkylation sites (tertiary alicyclic amines) is 1. The lowest BCUT2D eigenvalue weighted by Crippen LogP contribution is -2.40. The molecule has 1 aliphatic rings. The van der Waals surface area contributed by atoms with Crippen molar-refractivity contribution >= 4 is 11.7 Å². The van der Waals surface area contributed by atoms with Gasteiger partial charge in [0.25, 0.3) is 0 Å². The van der Waals surface area contributed by atoms with Gasteiger partial charge in [-0.25, -0.2) is 4.39 Å². The maximum atomic E-state index is 14.6. The van der Waals surface area contributed by atoms with Gasteiger partial charge in [0.15, 0.2) is 5.78 Å². The monoisotopic (exact) mass is 368 g/mol. The Balaban J connectivity index is 1.68. The molecular formula is C22H25FN2O2. The van der Waals surface area contributed by atoms with Crippen LogP contribution in [0.15, 0.2) is 48.5 Å². The fourth-order valence-corrected chi connectivity index (χ4v) is 3.61. The number of piperidine rings is 1. The largest absolute Gasteiger partial charge is 0.359 e. The highest BCUT2D eigenvalue weighted by Gasteiger charge is 2.27. The second-order valence-corrected chi connectivity index (χ2v) is 6.99. The first kappa shape index (κ1) is 19.2. The molecule has 3 rings (SSSR count). The predicted octanol–water partition coefficient (Wildman–Crippen LogP) is 3.52. The maximum Gasteiger partial charge on any atom is 0.221 e. The Bertz CT molecular complexity index is 807. The molecule has 2 aromatic rings. The number of hydrogen-bond acceptors (Lipinski definition) is 3. The van der Waals surface area contributed by atoms with Crippen LogP contribution in [0.2, 0.25) is 0 Å². The quantitative estimate of drug-likeness (QED) is 0.794. The number of halogens is 1. The van der Waals surface area contributed by atoms with Crippen LogP contribution in [0, 0.1) is 11.7 Å². The summed E-state index contributed by atoms with van der Waals surface area (Å²) in [6.07, 6.45) is 2.14. The highest BCUT2D eigenvalue weighted by atomic mass is 19.1. The summed E-state index contributed by atoms with van der Waals surface area (Å²) in [7, 11) is 1.62. The van der Waals surface area contributed by atoms with E-state index < -0.39 is 0 Å². The van der Waals surface area contributed by atoms with E-state index in [1.165, 1.54) is 6.07 Å². The minimum Gasteiger partial charge on any atom is -0.359 e. The molecule has 1 amide bonds. The molecule has 1 fully saturated rings. The van der Waals surface area contributed by atoms with Crippen molar-refractivity contribution in [2.24, 2.45) is 5.92 Å². The molecule has 0 radical (unpaired) electrons. The molecule has 1 N–H and O–H groups in total. The first-order valence-corrected chi connectivity index (χ1v) is 9.40. The van der Waals surface area contributed by atoms with Gasteiger partial charge in [0.05, 0.1) is 0 Å². The second-order valence-electron chi connectivity index (χ2n) is 6.99. The fourth-order valence-electron chi connectivity index (χ4n) is 3.61. The fraction of sp³-hybridized carbons (Fsp3) is 0.364. The summed E-state index contributed by atoms with van der Waals surface area (Å²) in [5, 5.41) is 2.62. The molecule has 142 valence electrons.